The molecule has 0 amide bonds. The minimum Gasteiger partial charge on any atom is -0.384 e. The first-order valence-corrected chi connectivity index (χ1v) is 8.02. The molecule has 1 aliphatic carbocycles. The SMILES string of the molecule is Nc1c(C(=O)CSc2ccc(F)cc2)c(=O)[nH]c(=O)n1C1CC1. The summed E-state index contributed by atoms with van der Waals surface area (Å²) in [6.45, 7) is 0. The number of carbonyl (C=O) groups is 1. The number of ketones is 1. The Labute approximate surface area is 134 Å². The van der Waals surface area contributed by atoms with Gasteiger partial charge in [0.1, 0.15) is 17.2 Å². The number of benzene rings is 1. The molecular weight excluding hydrogens is 321 g/mol. The summed E-state index contributed by atoms with van der Waals surface area (Å²) in [5.41, 5.74) is 4.34. The number of nitrogens with zero attached hydrogens (tertiary/aromatic N) is 1. The smallest absolute Gasteiger partial charge is 0.330 e. The van der Waals surface area contributed by atoms with Crippen LogP contribution in [-0.4, -0.2) is 21.1 Å². The minimum atomic E-state index is -0.769. The van der Waals surface area contributed by atoms with Crippen molar-refractivity contribution >= 4 is 23.4 Å². The van der Waals surface area contributed by atoms with Gasteiger partial charge in [0.25, 0.3) is 5.56 Å². The molecule has 8 heteroatoms. The Hall–Kier alpha value is -2.35. The number of aromatic nitrogens is 2. The van der Waals surface area contributed by atoms with E-state index in [1.54, 1.807) is 12.1 Å². The first-order chi connectivity index (χ1) is 11.0. The summed E-state index contributed by atoms with van der Waals surface area (Å²) >= 11 is 1.17. The van der Waals surface area contributed by atoms with Crippen LogP contribution < -0.4 is 17.0 Å². The van der Waals surface area contributed by atoms with Gasteiger partial charge in [-0.25, -0.2) is 9.18 Å². The van der Waals surface area contributed by atoms with E-state index in [0.717, 1.165) is 12.8 Å². The number of H-pyrrole nitrogens is 1. The fraction of sp³-hybridized carbons (Fsp3) is 0.267. The van der Waals surface area contributed by atoms with Crippen LogP contribution in [0.25, 0.3) is 0 Å². The Balaban J connectivity index is 1.84. The summed E-state index contributed by atoms with van der Waals surface area (Å²) in [7, 11) is 0. The van der Waals surface area contributed by atoms with Crippen LogP contribution in [0, 0.1) is 5.82 Å². The van der Waals surface area contributed by atoms with Gasteiger partial charge >= 0.3 is 5.69 Å². The van der Waals surface area contributed by atoms with Crippen molar-refractivity contribution in [1.29, 1.82) is 0 Å². The zero-order chi connectivity index (χ0) is 16.6. The van der Waals surface area contributed by atoms with Crippen molar-refractivity contribution < 1.29 is 9.18 Å². The van der Waals surface area contributed by atoms with E-state index in [1.807, 2.05) is 0 Å². The van der Waals surface area contributed by atoms with Crippen LogP contribution in [0.5, 0.6) is 0 Å². The van der Waals surface area contributed by atoms with Gasteiger partial charge in [0.2, 0.25) is 0 Å². The number of nitrogens with two attached hydrogens (primary N) is 1. The van der Waals surface area contributed by atoms with Gasteiger partial charge in [0.15, 0.2) is 5.78 Å². The van der Waals surface area contributed by atoms with E-state index < -0.39 is 17.0 Å². The fourth-order valence-corrected chi connectivity index (χ4v) is 3.05. The molecule has 6 nitrogen and oxygen atoms in total. The summed E-state index contributed by atoms with van der Waals surface area (Å²) in [6, 6.07) is 5.64. The molecular formula is C15H14FN3O3S. The van der Waals surface area contributed by atoms with E-state index in [0.29, 0.717) is 4.90 Å². The first kappa shape index (κ1) is 15.5. The summed E-state index contributed by atoms with van der Waals surface area (Å²) < 4.78 is 14.1. The molecule has 3 N–H and O–H groups in total. The molecule has 23 heavy (non-hydrogen) atoms. The quantitative estimate of drug-likeness (QED) is 0.638. The van der Waals surface area contributed by atoms with Gasteiger partial charge in [-0.05, 0) is 37.1 Å². The van der Waals surface area contributed by atoms with Gasteiger partial charge in [-0.2, -0.15) is 0 Å². The summed E-state index contributed by atoms with van der Waals surface area (Å²) in [6.07, 6.45) is 1.60. The van der Waals surface area contributed by atoms with Crippen molar-refractivity contribution in [2.75, 3.05) is 11.5 Å². The third-order valence-corrected chi connectivity index (χ3v) is 4.57. The molecule has 0 saturated heterocycles. The van der Waals surface area contributed by atoms with E-state index in [1.165, 1.54) is 28.5 Å². The summed E-state index contributed by atoms with van der Waals surface area (Å²) in [4.78, 5) is 38.9. The fourth-order valence-electron chi connectivity index (χ4n) is 2.28. The van der Waals surface area contributed by atoms with Gasteiger partial charge in [0, 0.05) is 10.9 Å². The molecule has 0 unspecified atom stereocenters. The number of nitrogens with one attached hydrogen (secondary N) is 1. The Morgan fingerprint density at radius 1 is 1.30 bits per heavy atom. The number of carbonyl (C=O) groups excluding carboxylic acids is 1. The maximum Gasteiger partial charge on any atom is 0.330 e. The molecule has 1 aromatic heterocycles. The zero-order valence-corrected chi connectivity index (χ0v) is 12.9. The molecule has 1 fully saturated rings. The zero-order valence-electron chi connectivity index (χ0n) is 12.0. The van der Waals surface area contributed by atoms with E-state index in [2.05, 4.69) is 4.98 Å². The summed E-state index contributed by atoms with van der Waals surface area (Å²) in [5.74, 6) is -0.932. The molecule has 3 rings (SSSR count). The monoisotopic (exact) mass is 335 g/mol. The van der Waals surface area contributed by atoms with Crippen LogP contribution in [0.1, 0.15) is 29.2 Å². The second kappa shape index (κ2) is 6.04. The molecule has 0 spiro atoms. The number of hydrogen-bond donors (Lipinski definition) is 2. The van der Waals surface area contributed by atoms with Crippen molar-refractivity contribution in [3.8, 4) is 0 Å². The number of thioether (sulfide) groups is 1. The minimum absolute atomic E-state index is 0.0260. The van der Waals surface area contributed by atoms with Crippen molar-refractivity contribution in [3.63, 3.8) is 0 Å². The second-order valence-corrected chi connectivity index (χ2v) is 6.34. The van der Waals surface area contributed by atoms with Crippen molar-refractivity contribution in [2.45, 2.75) is 23.8 Å². The maximum atomic E-state index is 12.8. The average molecular weight is 335 g/mol. The maximum absolute atomic E-state index is 12.8. The number of nitrogen functional groups attached to an aromatic ring is 1. The predicted molar refractivity (Wildman–Crippen MR) is 85.5 cm³/mol. The normalized spacial score (nSPS) is 14.0. The predicted octanol–water partition coefficient (Wildman–Crippen LogP) is 1.57. The number of anilines is 1. The first-order valence-electron chi connectivity index (χ1n) is 7.03. The van der Waals surface area contributed by atoms with Crippen molar-refractivity contribution in [1.82, 2.24) is 9.55 Å². The van der Waals surface area contributed by atoms with Gasteiger partial charge in [-0.15, -0.1) is 11.8 Å². The van der Waals surface area contributed by atoms with Gasteiger partial charge in [-0.1, -0.05) is 0 Å². The second-order valence-electron chi connectivity index (χ2n) is 5.29. The third-order valence-electron chi connectivity index (χ3n) is 3.56. The highest BCUT2D eigenvalue weighted by Crippen LogP contribution is 2.35. The topological polar surface area (TPSA) is 98.0 Å². The van der Waals surface area contributed by atoms with Crippen LogP contribution in [-0.2, 0) is 0 Å². The Kier molecular flexibility index (Phi) is 4.08. The molecule has 1 saturated carbocycles. The molecule has 120 valence electrons. The Morgan fingerprint density at radius 2 is 1.96 bits per heavy atom. The molecule has 0 atom stereocenters. The lowest BCUT2D eigenvalue weighted by Crippen LogP contribution is -2.36. The highest BCUT2D eigenvalue weighted by molar-refractivity contribution is 8.00. The van der Waals surface area contributed by atoms with E-state index in [4.69, 9.17) is 5.73 Å². The van der Waals surface area contributed by atoms with E-state index >= 15 is 0 Å². The number of halogens is 1. The third kappa shape index (κ3) is 3.21. The number of rotatable bonds is 5. The Morgan fingerprint density at radius 3 is 2.57 bits per heavy atom. The largest absolute Gasteiger partial charge is 0.384 e. The molecule has 0 radical (unpaired) electrons. The molecule has 1 aliphatic rings. The van der Waals surface area contributed by atoms with E-state index in [-0.39, 0.29) is 29.0 Å². The Bertz CT molecular complexity index is 869. The lowest BCUT2D eigenvalue weighted by molar-refractivity contribution is 0.102. The lowest BCUT2D eigenvalue weighted by atomic mass is 10.2. The number of hydrogen-bond acceptors (Lipinski definition) is 5. The van der Waals surface area contributed by atoms with Crippen LogP contribution in [0.3, 0.4) is 0 Å². The molecule has 0 aliphatic heterocycles. The van der Waals surface area contributed by atoms with Crippen LogP contribution in [0.2, 0.25) is 0 Å². The molecule has 2 aromatic rings. The van der Waals surface area contributed by atoms with E-state index in [9.17, 15) is 18.8 Å². The van der Waals surface area contributed by atoms with Crippen LogP contribution in [0.4, 0.5) is 10.2 Å². The molecule has 0 bridgehead atoms. The number of aromatic amines is 1. The lowest BCUT2D eigenvalue weighted by Gasteiger charge is -2.10. The summed E-state index contributed by atoms with van der Waals surface area (Å²) in [5, 5.41) is 0. The average Bonchev–Trinajstić information content (AvgIpc) is 3.31. The molecule has 1 heterocycles. The van der Waals surface area contributed by atoms with Gasteiger partial charge in [-0.3, -0.25) is 19.1 Å². The van der Waals surface area contributed by atoms with Crippen LogP contribution in [0.15, 0.2) is 38.8 Å². The standard InChI is InChI=1S/C15H14FN3O3S/c16-8-1-5-10(6-2-8)23-7-11(20)12-13(17)19(9-3-4-9)15(22)18-14(12)21/h1-2,5-6,9H,3-4,7,17H2,(H,18,21,22). The van der Waals surface area contributed by atoms with Crippen molar-refractivity contribution in [3.05, 3.63) is 56.5 Å². The highest BCUT2D eigenvalue weighted by atomic mass is 32.2. The van der Waals surface area contributed by atoms with Crippen LogP contribution >= 0.6 is 11.8 Å². The van der Waals surface area contributed by atoms with Gasteiger partial charge < -0.3 is 5.73 Å². The number of Topliss-reactive ketones (excluding diaryl/α,β-unsaturated/α-hetero) is 1. The van der Waals surface area contributed by atoms with Crippen molar-refractivity contribution in [2.24, 2.45) is 0 Å². The highest BCUT2D eigenvalue weighted by Gasteiger charge is 2.29. The molecule has 1 aromatic carbocycles. The van der Waals surface area contributed by atoms with Gasteiger partial charge in [0.05, 0.1) is 5.75 Å².